The number of hydrogen-bond donors (Lipinski definition) is 0. The zero-order chi connectivity index (χ0) is 18.0. The molecule has 136 valence electrons. The summed E-state index contributed by atoms with van der Waals surface area (Å²) in [5.74, 6) is 0.226. The van der Waals surface area contributed by atoms with Crippen LogP contribution in [0.1, 0.15) is 29.9 Å². The van der Waals surface area contributed by atoms with E-state index in [1.165, 1.54) is 4.57 Å². The van der Waals surface area contributed by atoms with Crippen molar-refractivity contribution in [1.29, 1.82) is 0 Å². The van der Waals surface area contributed by atoms with Gasteiger partial charge in [-0.3, -0.25) is 14.3 Å². The summed E-state index contributed by atoms with van der Waals surface area (Å²) in [7, 11) is 0. The maximum Gasteiger partial charge on any atom is 0.433 e. The molecule has 2 aromatic rings. The average molecular weight is 357 g/mol. The van der Waals surface area contributed by atoms with E-state index < -0.39 is 17.4 Å². The molecule has 10 heteroatoms. The highest BCUT2D eigenvalue weighted by atomic mass is 19.4. The van der Waals surface area contributed by atoms with Crippen LogP contribution in [0.25, 0.3) is 0 Å². The van der Waals surface area contributed by atoms with Crippen LogP contribution in [-0.2, 0) is 19.3 Å². The Morgan fingerprint density at radius 1 is 1.28 bits per heavy atom. The quantitative estimate of drug-likeness (QED) is 0.831. The Labute approximate surface area is 141 Å². The van der Waals surface area contributed by atoms with Crippen LogP contribution in [0.2, 0.25) is 0 Å². The summed E-state index contributed by atoms with van der Waals surface area (Å²) >= 11 is 0. The number of aromatic nitrogens is 4. The summed E-state index contributed by atoms with van der Waals surface area (Å²) in [4.78, 5) is 17.4. The van der Waals surface area contributed by atoms with Crippen molar-refractivity contribution in [2.24, 2.45) is 5.92 Å². The molecule has 3 heterocycles. The first-order valence-electron chi connectivity index (χ1n) is 7.97. The van der Waals surface area contributed by atoms with Gasteiger partial charge in [0, 0.05) is 19.2 Å². The van der Waals surface area contributed by atoms with Gasteiger partial charge in [-0.15, -0.1) is 0 Å². The van der Waals surface area contributed by atoms with Gasteiger partial charge in [0.1, 0.15) is 11.4 Å². The van der Waals surface area contributed by atoms with Crippen LogP contribution in [0.15, 0.2) is 21.8 Å². The Morgan fingerprint density at radius 3 is 2.56 bits per heavy atom. The minimum Gasteiger partial charge on any atom is -0.299 e. The van der Waals surface area contributed by atoms with Crippen molar-refractivity contribution in [3.8, 4) is 0 Å². The third-order valence-corrected chi connectivity index (χ3v) is 4.45. The number of rotatable bonds is 4. The number of likely N-dealkylation sites (tertiary alicyclic amines) is 1. The Kier molecular flexibility index (Phi) is 4.89. The summed E-state index contributed by atoms with van der Waals surface area (Å²) in [6.45, 7) is 4.51. The van der Waals surface area contributed by atoms with Crippen molar-refractivity contribution in [2.45, 2.75) is 39.0 Å². The largest absolute Gasteiger partial charge is 0.433 e. The van der Waals surface area contributed by atoms with Crippen LogP contribution in [0.3, 0.4) is 0 Å². The summed E-state index contributed by atoms with van der Waals surface area (Å²) in [5, 5.41) is 7.61. The van der Waals surface area contributed by atoms with Gasteiger partial charge in [-0.25, -0.2) is 9.61 Å². The van der Waals surface area contributed by atoms with Crippen molar-refractivity contribution in [3.05, 3.63) is 39.8 Å². The second-order valence-corrected chi connectivity index (χ2v) is 6.28. The molecule has 3 rings (SSSR count). The fourth-order valence-corrected chi connectivity index (χ4v) is 2.93. The third-order valence-electron chi connectivity index (χ3n) is 4.45. The highest BCUT2D eigenvalue weighted by Gasteiger charge is 2.33. The van der Waals surface area contributed by atoms with E-state index in [9.17, 15) is 18.0 Å². The summed E-state index contributed by atoms with van der Waals surface area (Å²) in [6.07, 6.45) is -1.92. The Balaban J connectivity index is 1.56. The maximum absolute atomic E-state index is 12.6. The Hall–Kier alpha value is -2.23. The van der Waals surface area contributed by atoms with Crippen LogP contribution in [-0.4, -0.2) is 37.9 Å². The fourth-order valence-electron chi connectivity index (χ4n) is 2.93. The predicted molar refractivity (Wildman–Crippen MR) is 80.5 cm³/mol. The second-order valence-electron chi connectivity index (χ2n) is 6.28. The normalized spacial score (nSPS) is 17.1. The monoisotopic (exact) mass is 357 g/mol. The number of piperidine rings is 1. The molecule has 0 spiro atoms. The van der Waals surface area contributed by atoms with Crippen molar-refractivity contribution in [3.63, 3.8) is 0 Å². The zero-order valence-corrected chi connectivity index (χ0v) is 13.7. The molecular formula is C15H18F3N5O2. The lowest BCUT2D eigenvalue weighted by atomic mass is 9.96. The lowest BCUT2D eigenvalue weighted by molar-refractivity contribution is -0.141. The molecular weight excluding hydrogens is 339 g/mol. The molecule has 0 aromatic carbocycles. The lowest BCUT2D eigenvalue weighted by Crippen LogP contribution is -2.36. The number of hydrogen-bond acceptors (Lipinski definition) is 6. The van der Waals surface area contributed by atoms with Crippen LogP contribution in [0.4, 0.5) is 13.2 Å². The van der Waals surface area contributed by atoms with Crippen LogP contribution in [0.5, 0.6) is 0 Å². The minimum absolute atomic E-state index is 0.226. The van der Waals surface area contributed by atoms with E-state index in [1.54, 1.807) is 0 Å². The van der Waals surface area contributed by atoms with E-state index in [0.717, 1.165) is 43.6 Å². The van der Waals surface area contributed by atoms with E-state index in [4.69, 9.17) is 0 Å². The maximum atomic E-state index is 12.6. The van der Waals surface area contributed by atoms with Crippen LogP contribution < -0.4 is 5.56 Å². The highest BCUT2D eigenvalue weighted by Crippen LogP contribution is 2.26. The molecule has 0 atom stereocenters. The molecule has 1 fully saturated rings. The lowest BCUT2D eigenvalue weighted by Gasteiger charge is -2.31. The SMILES string of the molecule is Cc1nonc1CN1CCC(Cn2cnc(C(F)(F)F)cc2=O)CC1. The van der Waals surface area contributed by atoms with Gasteiger partial charge in [-0.2, -0.15) is 13.2 Å². The topological polar surface area (TPSA) is 77.1 Å². The molecule has 0 bridgehead atoms. The smallest absolute Gasteiger partial charge is 0.299 e. The molecule has 0 amide bonds. The third kappa shape index (κ3) is 4.25. The molecule has 1 aliphatic heterocycles. The zero-order valence-electron chi connectivity index (χ0n) is 13.7. The van der Waals surface area contributed by atoms with Gasteiger partial charge in [-0.1, -0.05) is 10.3 Å². The molecule has 1 saturated heterocycles. The fraction of sp³-hybridized carbons (Fsp3) is 0.600. The van der Waals surface area contributed by atoms with E-state index in [1.807, 2.05) is 6.92 Å². The standard InChI is InChI=1S/C15H18F3N5O2/c1-10-12(21-25-20-10)8-22-4-2-11(3-5-22)7-23-9-19-13(6-14(23)24)15(16,17)18/h6,9,11H,2-5,7-8H2,1H3. The van der Waals surface area contributed by atoms with E-state index in [2.05, 4.69) is 24.8 Å². The van der Waals surface area contributed by atoms with Gasteiger partial charge < -0.3 is 0 Å². The number of halogens is 3. The number of alkyl halides is 3. The first-order chi connectivity index (χ1) is 11.8. The van der Waals surface area contributed by atoms with E-state index in [0.29, 0.717) is 19.2 Å². The molecule has 0 saturated carbocycles. The summed E-state index contributed by atoms with van der Waals surface area (Å²) < 4.78 is 43.6. The molecule has 1 aliphatic rings. The van der Waals surface area contributed by atoms with Gasteiger partial charge in [0.15, 0.2) is 5.69 Å². The van der Waals surface area contributed by atoms with Crippen molar-refractivity contribution in [2.75, 3.05) is 13.1 Å². The highest BCUT2D eigenvalue weighted by molar-refractivity contribution is 5.05. The van der Waals surface area contributed by atoms with Gasteiger partial charge in [0.2, 0.25) is 0 Å². The van der Waals surface area contributed by atoms with E-state index >= 15 is 0 Å². The molecule has 0 unspecified atom stereocenters. The molecule has 25 heavy (non-hydrogen) atoms. The minimum atomic E-state index is -4.60. The second kappa shape index (κ2) is 6.95. The number of nitrogens with zero attached hydrogens (tertiary/aromatic N) is 5. The Bertz CT molecular complexity index is 778. The summed E-state index contributed by atoms with van der Waals surface area (Å²) in [6, 6.07) is 0.551. The van der Waals surface area contributed by atoms with Gasteiger partial charge in [0.05, 0.1) is 6.33 Å². The van der Waals surface area contributed by atoms with Crippen molar-refractivity contribution >= 4 is 0 Å². The molecule has 0 radical (unpaired) electrons. The molecule has 2 aromatic heterocycles. The van der Waals surface area contributed by atoms with Crippen LogP contribution >= 0.6 is 0 Å². The molecule has 0 N–H and O–H groups in total. The molecule has 0 aliphatic carbocycles. The van der Waals surface area contributed by atoms with Gasteiger partial charge in [-0.05, 0) is 38.8 Å². The van der Waals surface area contributed by atoms with Gasteiger partial charge in [0.25, 0.3) is 5.56 Å². The Morgan fingerprint density at radius 2 is 2.00 bits per heavy atom. The average Bonchev–Trinajstić information content (AvgIpc) is 2.95. The first-order valence-corrected chi connectivity index (χ1v) is 7.97. The van der Waals surface area contributed by atoms with Crippen molar-refractivity contribution < 1.29 is 17.8 Å². The summed E-state index contributed by atoms with van der Waals surface area (Å²) in [5.41, 5.74) is -0.250. The number of aryl methyl sites for hydroxylation is 1. The van der Waals surface area contributed by atoms with Crippen molar-refractivity contribution in [1.82, 2.24) is 24.8 Å². The predicted octanol–water partition coefficient (Wildman–Crippen LogP) is 1.87. The van der Waals surface area contributed by atoms with E-state index in [-0.39, 0.29) is 5.92 Å². The molecule has 7 nitrogen and oxygen atoms in total. The first kappa shape index (κ1) is 17.6. The van der Waals surface area contributed by atoms with Crippen LogP contribution in [0, 0.1) is 12.8 Å². The van der Waals surface area contributed by atoms with Gasteiger partial charge >= 0.3 is 6.18 Å².